The first-order valence-corrected chi connectivity index (χ1v) is 9.37. The van der Waals surface area contributed by atoms with Gasteiger partial charge < -0.3 is 19.8 Å². The van der Waals surface area contributed by atoms with E-state index in [9.17, 15) is 18.4 Å². The fourth-order valence-electron chi connectivity index (χ4n) is 3.21. The molecule has 0 bridgehead atoms. The van der Waals surface area contributed by atoms with Gasteiger partial charge in [0.1, 0.15) is 11.5 Å². The second kappa shape index (κ2) is 10.0. The quantitative estimate of drug-likeness (QED) is 0.703. The molecule has 1 fully saturated rings. The average molecular weight is 407 g/mol. The van der Waals surface area contributed by atoms with Crippen molar-refractivity contribution in [2.75, 3.05) is 25.0 Å². The van der Waals surface area contributed by atoms with E-state index in [1.54, 1.807) is 18.4 Å². The highest BCUT2D eigenvalue weighted by Crippen LogP contribution is 2.19. The van der Waals surface area contributed by atoms with Crippen molar-refractivity contribution in [2.45, 2.75) is 26.0 Å². The van der Waals surface area contributed by atoms with Gasteiger partial charge in [-0.2, -0.15) is 8.78 Å². The third-order valence-corrected chi connectivity index (χ3v) is 4.71. The minimum absolute atomic E-state index is 0.00314. The maximum absolute atomic E-state index is 12.2. The lowest BCUT2D eigenvalue weighted by molar-refractivity contribution is -0.126. The normalized spacial score (nSPS) is 15.3. The molecule has 3 rings (SSSR count). The summed E-state index contributed by atoms with van der Waals surface area (Å²) in [5.41, 5.74) is 0.504. The van der Waals surface area contributed by atoms with Crippen LogP contribution in [0.25, 0.3) is 0 Å². The largest absolute Gasteiger partial charge is 0.467 e. The lowest BCUT2D eigenvalue weighted by Gasteiger charge is -2.30. The van der Waals surface area contributed by atoms with Crippen molar-refractivity contribution in [3.63, 3.8) is 0 Å². The molecule has 2 aromatic rings. The predicted molar refractivity (Wildman–Crippen MR) is 101 cm³/mol. The van der Waals surface area contributed by atoms with Crippen LogP contribution >= 0.6 is 0 Å². The molecule has 2 N–H and O–H groups in total. The van der Waals surface area contributed by atoms with Gasteiger partial charge >= 0.3 is 6.61 Å². The van der Waals surface area contributed by atoms with Crippen LogP contribution in [0.4, 0.5) is 14.5 Å². The Kier molecular flexibility index (Phi) is 7.18. The van der Waals surface area contributed by atoms with E-state index in [1.807, 2.05) is 4.90 Å². The van der Waals surface area contributed by atoms with Gasteiger partial charge in [0.2, 0.25) is 11.8 Å². The van der Waals surface area contributed by atoms with Crippen LogP contribution in [0.2, 0.25) is 0 Å². The third-order valence-electron chi connectivity index (χ3n) is 4.71. The zero-order valence-electron chi connectivity index (χ0n) is 15.8. The molecule has 1 aliphatic heterocycles. The Bertz CT molecular complexity index is 789. The molecule has 2 heterocycles. The molecule has 1 aromatic carbocycles. The molecule has 0 radical (unpaired) electrons. The number of piperidine rings is 1. The van der Waals surface area contributed by atoms with Crippen LogP contribution in [0, 0.1) is 5.92 Å². The third kappa shape index (κ3) is 6.56. The van der Waals surface area contributed by atoms with E-state index in [1.165, 1.54) is 24.3 Å². The van der Waals surface area contributed by atoms with Crippen LogP contribution in [0.15, 0.2) is 47.1 Å². The maximum Gasteiger partial charge on any atom is 0.387 e. The summed E-state index contributed by atoms with van der Waals surface area (Å²) in [4.78, 5) is 26.4. The number of furan rings is 1. The van der Waals surface area contributed by atoms with Crippen molar-refractivity contribution in [2.24, 2.45) is 5.92 Å². The number of likely N-dealkylation sites (tertiary alicyclic amines) is 1. The summed E-state index contributed by atoms with van der Waals surface area (Å²) in [5.74, 6) is 0.461. The van der Waals surface area contributed by atoms with Gasteiger partial charge in [-0.15, -0.1) is 0 Å². The first-order valence-electron chi connectivity index (χ1n) is 9.37. The highest BCUT2D eigenvalue weighted by atomic mass is 19.3. The maximum atomic E-state index is 12.2. The zero-order chi connectivity index (χ0) is 20.6. The fraction of sp³-hybridized carbons (Fsp3) is 0.400. The lowest BCUT2D eigenvalue weighted by atomic mass is 9.96. The molecule has 0 unspecified atom stereocenters. The molecule has 1 aromatic heterocycles. The molecular weight excluding hydrogens is 384 g/mol. The summed E-state index contributed by atoms with van der Waals surface area (Å²) in [6.07, 6.45) is 2.92. The van der Waals surface area contributed by atoms with Gasteiger partial charge in [0.15, 0.2) is 0 Å². The number of ether oxygens (including phenoxy) is 1. The molecule has 1 saturated heterocycles. The van der Waals surface area contributed by atoms with Crippen LogP contribution in [-0.4, -0.2) is 43.0 Å². The summed E-state index contributed by atoms with van der Waals surface area (Å²) < 4.78 is 33.8. The van der Waals surface area contributed by atoms with E-state index in [0.29, 0.717) is 43.9 Å². The SMILES string of the molecule is O=C(CN1CCC(C(=O)NCc2ccco2)CC1)Nc1ccc(OC(F)F)cc1. The number of carbonyl (C=O) groups is 2. The zero-order valence-corrected chi connectivity index (χ0v) is 15.8. The van der Waals surface area contributed by atoms with Crippen molar-refractivity contribution in [1.82, 2.24) is 10.2 Å². The van der Waals surface area contributed by atoms with E-state index in [2.05, 4.69) is 15.4 Å². The number of hydrogen-bond donors (Lipinski definition) is 2. The highest BCUT2D eigenvalue weighted by Gasteiger charge is 2.25. The smallest absolute Gasteiger partial charge is 0.387 e. The number of rotatable bonds is 8. The summed E-state index contributed by atoms with van der Waals surface area (Å²) >= 11 is 0. The van der Waals surface area contributed by atoms with Crippen molar-refractivity contribution in [3.05, 3.63) is 48.4 Å². The van der Waals surface area contributed by atoms with E-state index in [-0.39, 0.29) is 30.0 Å². The van der Waals surface area contributed by atoms with E-state index < -0.39 is 6.61 Å². The van der Waals surface area contributed by atoms with Crippen molar-refractivity contribution < 1.29 is 27.5 Å². The minimum Gasteiger partial charge on any atom is -0.467 e. The monoisotopic (exact) mass is 407 g/mol. The van der Waals surface area contributed by atoms with Gasteiger partial charge in [0.05, 0.1) is 19.4 Å². The number of benzene rings is 1. The Balaban J connectivity index is 1.37. The molecule has 1 aliphatic rings. The van der Waals surface area contributed by atoms with Crippen LogP contribution in [-0.2, 0) is 16.1 Å². The van der Waals surface area contributed by atoms with E-state index >= 15 is 0 Å². The Hall–Kier alpha value is -2.94. The number of alkyl halides is 2. The van der Waals surface area contributed by atoms with Gasteiger partial charge in [0, 0.05) is 11.6 Å². The number of nitrogens with zero attached hydrogens (tertiary/aromatic N) is 1. The Morgan fingerprint density at radius 2 is 1.90 bits per heavy atom. The Morgan fingerprint density at radius 3 is 2.52 bits per heavy atom. The van der Waals surface area contributed by atoms with Crippen molar-refractivity contribution in [1.29, 1.82) is 0 Å². The fourth-order valence-corrected chi connectivity index (χ4v) is 3.21. The van der Waals surface area contributed by atoms with Crippen LogP contribution in [0.1, 0.15) is 18.6 Å². The van der Waals surface area contributed by atoms with Crippen LogP contribution in [0.5, 0.6) is 5.75 Å². The molecule has 0 spiro atoms. The summed E-state index contributed by atoms with van der Waals surface area (Å²) in [6, 6.07) is 9.33. The second-order valence-electron chi connectivity index (χ2n) is 6.80. The van der Waals surface area contributed by atoms with Gasteiger partial charge in [-0.05, 0) is 62.3 Å². The molecule has 0 aliphatic carbocycles. The molecular formula is C20H23F2N3O4. The topological polar surface area (TPSA) is 83.8 Å². The Morgan fingerprint density at radius 1 is 1.17 bits per heavy atom. The van der Waals surface area contributed by atoms with Crippen LogP contribution < -0.4 is 15.4 Å². The van der Waals surface area contributed by atoms with Gasteiger partial charge in [-0.25, -0.2) is 0 Å². The summed E-state index contributed by atoms with van der Waals surface area (Å²) in [7, 11) is 0. The molecule has 2 amide bonds. The number of hydrogen-bond acceptors (Lipinski definition) is 5. The molecule has 0 atom stereocenters. The highest BCUT2D eigenvalue weighted by molar-refractivity contribution is 5.92. The number of halogens is 2. The van der Waals surface area contributed by atoms with Crippen molar-refractivity contribution in [3.8, 4) is 5.75 Å². The minimum atomic E-state index is -2.88. The summed E-state index contributed by atoms with van der Waals surface area (Å²) in [5, 5.41) is 5.60. The lowest BCUT2D eigenvalue weighted by Crippen LogP contribution is -2.43. The first-order chi connectivity index (χ1) is 14.0. The number of anilines is 1. The molecule has 0 saturated carbocycles. The van der Waals surface area contributed by atoms with Gasteiger partial charge in [-0.3, -0.25) is 14.5 Å². The molecule has 156 valence electrons. The van der Waals surface area contributed by atoms with E-state index in [0.717, 1.165) is 0 Å². The van der Waals surface area contributed by atoms with Gasteiger partial charge in [0.25, 0.3) is 0 Å². The van der Waals surface area contributed by atoms with Gasteiger partial charge in [-0.1, -0.05) is 0 Å². The Labute approximate surface area is 167 Å². The number of nitrogens with one attached hydrogen (secondary N) is 2. The average Bonchev–Trinajstić information content (AvgIpc) is 3.21. The van der Waals surface area contributed by atoms with E-state index in [4.69, 9.17) is 4.42 Å². The first kappa shape index (κ1) is 20.8. The molecule has 9 heteroatoms. The number of carbonyl (C=O) groups excluding carboxylic acids is 2. The second-order valence-corrected chi connectivity index (χ2v) is 6.80. The molecule has 29 heavy (non-hydrogen) atoms. The van der Waals surface area contributed by atoms with Crippen LogP contribution in [0.3, 0.4) is 0 Å². The molecule has 7 nitrogen and oxygen atoms in total. The standard InChI is InChI=1S/C20H23F2N3O4/c21-20(22)29-16-5-3-15(4-6-16)24-18(26)13-25-9-7-14(8-10-25)19(27)23-12-17-2-1-11-28-17/h1-6,11,14,20H,7-10,12-13H2,(H,23,27)(H,24,26). The predicted octanol–water partition coefficient (Wildman–Crippen LogP) is 2.85. The van der Waals surface area contributed by atoms with Crippen molar-refractivity contribution >= 4 is 17.5 Å². The number of amides is 2. The summed E-state index contributed by atoms with van der Waals surface area (Å²) in [6.45, 7) is -1.02.